The summed E-state index contributed by atoms with van der Waals surface area (Å²) in [6.07, 6.45) is 9.90. The molecule has 6 nitrogen and oxygen atoms in total. The molecule has 0 unspecified atom stereocenters. The number of guanidine groups is 1. The second-order valence-corrected chi connectivity index (χ2v) is 8.31. The Hall–Kier alpha value is -0.570. The summed E-state index contributed by atoms with van der Waals surface area (Å²) in [5.74, 6) is 0.765. The van der Waals surface area contributed by atoms with E-state index in [1.165, 1.54) is 51.6 Å². The minimum Gasteiger partial charge on any atom is -0.357 e. The first-order chi connectivity index (χ1) is 12.5. The molecular weight excluding hydrogens is 453 g/mol. The number of piperidine rings is 1. The van der Waals surface area contributed by atoms with Gasteiger partial charge in [-0.15, -0.1) is 24.0 Å². The van der Waals surface area contributed by atoms with Gasteiger partial charge in [-0.05, 0) is 59.5 Å². The fourth-order valence-corrected chi connectivity index (χ4v) is 3.92. The van der Waals surface area contributed by atoms with Gasteiger partial charge in [0, 0.05) is 24.7 Å². The molecule has 0 spiro atoms. The number of aliphatic imine (C=N–C) groups is 1. The van der Waals surface area contributed by atoms with Crippen molar-refractivity contribution >= 4 is 35.8 Å². The molecule has 1 saturated carbocycles. The first-order valence-electron chi connectivity index (χ1n) is 10.6. The molecule has 3 N–H and O–H groups in total. The predicted molar refractivity (Wildman–Crippen MR) is 124 cm³/mol. The first kappa shape index (κ1) is 24.5. The van der Waals surface area contributed by atoms with E-state index in [2.05, 4.69) is 46.6 Å². The van der Waals surface area contributed by atoms with Crippen LogP contribution in [-0.2, 0) is 4.79 Å². The number of carbonyl (C=O) groups excluding carboxylic acids is 1. The van der Waals surface area contributed by atoms with Gasteiger partial charge >= 0.3 is 0 Å². The zero-order chi connectivity index (χ0) is 18.8. The third-order valence-corrected chi connectivity index (χ3v) is 5.60. The van der Waals surface area contributed by atoms with Gasteiger partial charge in [-0.2, -0.15) is 0 Å². The number of nitrogens with zero attached hydrogens (tertiary/aromatic N) is 2. The normalized spacial score (nSPS) is 19.9. The van der Waals surface area contributed by atoms with Crippen LogP contribution in [0.5, 0.6) is 0 Å². The van der Waals surface area contributed by atoms with E-state index in [0.29, 0.717) is 6.04 Å². The van der Waals surface area contributed by atoms with Gasteiger partial charge in [-0.25, -0.2) is 4.99 Å². The standard InChI is InChI=1S/C20H39N5O.HI/c1-4-21-19(22-15-18(26)24-17-11-7-5-8-12-17)23-16-20(2,3)25-13-9-6-10-14-25;/h17H,4-16H2,1-3H3,(H,24,26)(H2,21,22,23);1H. The Labute approximate surface area is 182 Å². The van der Waals surface area contributed by atoms with Crippen molar-refractivity contribution in [2.45, 2.75) is 83.7 Å². The maximum Gasteiger partial charge on any atom is 0.242 e. The Morgan fingerprint density at radius 1 is 1.04 bits per heavy atom. The summed E-state index contributed by atoms with van der Waals surface area (Å²) in [6, 6.07) is 0.347. The van der Waals surface area contributed by atoms with Crippen molar-refractivity contribution in [2.24, 2.45) is 4.99 Å². The monoisotopic (exact) mass is 493 g/mol. The highest BCUT2D eigenvalue weighted by atomic mass is 127. The summed E-state index contributed by atoms with van der Waals surface area (Å²) in [7, 11) is 0. The van der Waals surface area contributed by atoms with Crippen LogP contribution in [0.4, 0.5) is 0 Å². The second kappa shape index (κ2) is 12.8. The summed E-state index contributed by atoms with van der Waals surface area (Å²) in [4.78, 5) is 19.2. The van der Waals surface area contributed by atoms with E-state index in [9.17, 15) is 4.79 Å². The molecule has 0 radical (unpaired) electrons. The fraction of sp³-hybridized carbons (Fsp3) is 0.900. The van der Waals surface area contributed by atoms with Crippen LogP contribution >= 0.6 is 24.0 Å². The lowest BCUT2D eigenvalue weighted by molar-refractivity contribution is -0.120. The molecule has 0 aromatic heterocycles. The molecule has 1 amide bonds. The summed E-state index contributed by atoms with van der Waals surface area (Å²) >= 11 is 0. The summed E-state index contributed by atoms with van der Waals surface area (Å²) in [5.41, 5.74) is 0.0843. The lowest BCUT2D eigenvalue weighted by atomic mass is 9.95. The molecular formula is C20H40IN5O. The zero-order valence-corrected chi connectivity index (χ0v) is 19.8. The van der Waals surface area contributed by atoms with E-state index in [0.717, 1.165) is 31.9 Å². The number of nitrogens with one attached hydrogen (secondary N) is 3. The lowest BCUT2D eigenvalue weighted by Crippen LogP contribution is -2.55. The molecule has 1 heterocycles. The molecule has 0 bridgehead atoms. The number of halogens is 1. The molecule has 2 fully saturated rings. The topological polar surface area (TPSA) is 68.8 Å². The van der Waals surface area contributed by atoms with Gasteiger partial charge in [0.05, 0.1) is 0 Å². The molecule has 0 aromatic carbocycles. The summed E-state index contributed by atoms with van der Waals surface area (Å²) < 4.78 is 0. The summed E-state index contributed by atoms with van der Waals surface area (Å²) in [6.45, 7) is 10.8. The predicted octanol–water partition coefficient (Wildman–Crippen LogP) is 2.87. The number of hydrogen-bond acceptors (Lipinski definition) is 3. The van der Waals surface area contributed by atoms with Crippen molar-refractivity contribution in [1.82, 2.24) is 20.9 Å². The molecule has 7 heteroatoms. The van der Waals surface area contributed by atoms with E-state index >= 15 is 0 Å². The van der Waals surface area contributed by atoms with Crippen LogP contribution in [0.25, 0.3) is 0 Å². The van der Waals surface area contributed by atoms with Gasteiger partial charge < -0.3 is 16.0 Å². The van der Waals surface area contributed by atoms with Gasteiger partial charge in [-0.1, -0.05) is 25.7 Å². The van der Waals surface area contributed by atoms with Crippen LogP contribution in [0.2, 0.25) is 0 Å². The molecule has 0 aromatic rings. The minimum atomic E-state index is 0. The molecule has 158 valence electrons. The molecule has 1 aliphatic heterocycles. The zero-order valence-electron chi connectivity index (χ0n) is 17.5. The van der Waals surface area contributed by atoms with E-state index < -0.39 is 0 Å². The van der Waals surface area contributed by atoms with Crippen molar-refractivity contribution < 1.29 is 4.79 Å². The van der Waals surface area contributed by atoms with Crippen LogP contribution in [0.3, 0.4) is 0 Å². The maximum atomic E-state index is 12.2. The van der Waals surface area contributed by atoms with Gasteiger partial charge in [0.15, 0.2) is 5.96 Å². The van der Waals surface area contributed by atoms with Crippen LogP contribution < -0.4 is 16.0 Å². The number of hydrogen-bond donors (Lipinski definition) is 3. The van der Waals surface area contributed by atoms with Crippen LogP contribution in [-0.4, -0.2) is 61.1 Å². The molecule has 1 aliphatic carbocycles. The van der Waals surface area contributed by atoms with Crippen molar-refractivity contribution in [3.05, 3.63) is 0 Å². The van der Waals surface area contributed by atoms with Crippen LogP contribution in [0.15, 0.2) is 4.99 Å². The van der Waals surface area contributed by atoms with Gasteiger partial charge in [0.1, 0.15) is 6.54 Å². The fourth-order valence-electron chi connectivity index (χ4n) is 3.92. The largest absolute Gasteiger partial charge is 0.357 e. The highest BCUT2D eigenvalue weighted by molar-refractivity contribution is 14.0. The van der Waals surface area contributed by atoms with Gasteiger partial charge in [0.2, 0.25) is 5.91 Å². The number of likely N-dealkylation sites (tertiary alicyclic amines) is 1. The number of carbonyl (C=O) groups is 1. The smallest absolute Gasteiger partial charge is 0.242 e. The van der Waals surface area contributed by atoms with Crippen molar-refractivity contribution in [3.8, 4) is 0 Å². The molecule has 27 heavy (non-hydrogen) atoms. The molecule has 2 rings (SSSR count). The van der Waals surface area contributed by atoms with Gasteiger partial charge in [-0.3, -0.25) is 9.69 Å². The maximum absolute atomic E-state index is 12.2. The van der Waals surface area contributed by atoms with Crippen molar-refractivity contribution in [1.29, 1.82) is 0 Å². The molecule has 0 atom stereocenters. The Morgan fingerprint density at radius 3 is 2.30 bits per heavy atom. The SMILES string of the molecule is CCNC(=NCC(=O)NC1CCCCC1)NCC(C)(C)N1CCCCC1.I. The van der Waals surface area contributed by atoms with E-state index in [4.69, 9.17) is 0 Å². The number of rotatable bonds is 7. The highest BCUT2D eigenvalue weighted by Crippen LogP contribution is 2.20. The Balaban J connectivity index is 0.00000364. The average Bonchev–Trinajstić information content (AvgIpc) is 2.65. The highest BCUT2D eigenvalue weighted by Gasteiger charge is 2.27. The molecule has 1 saturated heterocycles. The van der Waals surface area contributed by atoms with Crippen LogP contribution in [0.1, 0.15) is 72.1 Å². The Kier molecular flexibility index (Phi) is 11.6. The molecule has 2 aliphatic rings. The third kappa shape index (κ3) is 8.98. The van der Waals surface area contributed by atoms with E-state index in [1.807, 2.05) is 0 Å². The van der Waals surface area contributed by atoms with Crippen molar-refractivity contribution in [2.75, 3.05) is 32.7 Å². The third-order valence-electron chi connectivity index (χ3n) is 5.60. The van der Waals surface area contributed by atoms with Crippen molar-refractivity contribution in [3.63, 3.8) is 0 Å². The average molecular weight is 493 g/mol. The lowest BCUT2D eigenvalue weighted by Gasteiger charge is -2.41. The van der Waals surface area contributed by atoms with Gasteiger partial charge in [0.25, 0.3) is 0 Å². The van der Waals surface area contributed by atoms with Crippen LogP contribution in [0, 0.1) is 0 Å². The number of amides is 1. The quantitative estimate of drug-likeness (QED) is 0.290. The first-order valence-corrected chi connectivity index (χ1v) is 10.6. The van der Waals surface area contributed by atoms with E-state index in [1.54, 1.807) is 0 Å². The van der Waals surface area contributed by atoms with E-state index in [-0.39, 0.29) is 42.0 Å². The Morgan fingerprint density at radius 2 is 1.67 bits per heavy atom. The minimum absolute atomic E-state index is 0. The second-order valence-electron chi connectivity index (χ2n) is 8.31. The Bertz CT molecular complexity index is 457. The summed E-state index contributed by atoms with van der Waals surface area (Å²) in [5, 5.41) is 9.82.